The maximum atomic E-state index is 5.82. The number of hydrazine groups is 1. The molecular weight excluding hydrogens is 228 g/mol. The van der Waals surface area contributed by atoms with Crippen LogP contribution in [0.1, 0.15) is 44.3 Å². The molecule has 0 aliphatic heterocycles. The van der Waals surface area contributed by atoms with Gasteiger partial charge in [-0.2, -0.15) is 0 Å². The molecule has 1 unspecified atom stereocenters. The van der Waals surface area contributed by atoms with Crippen LogP contribution in [0.3, 0.4) is 0 Å². The highest BCUT2D eigenvalue weighted by Gasteiger charge is 2.42. The van der Waals surface area contributed by atoms with Crippen LogP contribution in [0, 0.1) is 5.92 Å². The minimum absolute atomic E-state index is 0.108. The molecule has 18 heavy (non-hydrogen) atoms. The average molecular weight is 250 g/mol. The van der Waals surface area contributed by atoms with E-state index in [1.165, 1.54) is 0 Å². The molecule has 5 heteroatoms. The number of hydrogen-bond donors (Lipinski definition) is 2. The van der Waals surface area contributed by atoms with E-state index in [-0.39, 0.29) is 11.6 Å². The fraction of sp³-hybridized carbons (Fsp3) is 0.692. The Kier molecular flexibility index (Phi) is 4.27. The molecule has 1 fully saturated rings. The molecule has 1 aliphatic carbocycles. The van der Waals surface area contributed by atoms with E-state index in [4.69, 9.17) is 10.6 Å². The molecule has 0 bridgehead atoms. The van der Waals surface area contributed by atoms with Gasteiger partial charge in [-0.3, -0.25) is 15.8 Å². The summed E-state index contributed by atoms with van der Waals surface area (Å²) in [6.45, 7) is 2.28. The molecule has 1 atom stereocenters. The van der Waals surface area contributed by atoms with Crippen molar-refractivity contribution in [2.75, 3.05) is 7.11 Å². The summed E-state index contributed by atoms with van der Waals surface area (Å²) >= 11 is 0. The molecule has 1 heterocycles. The molecule has 1 aromatic rings. The number of rotatable bonds is 4. The number of methoxy groups -OCH3 is 1. The molecule has 0 radical (unpaired) electrons. The van der Waals surface area contributed by atoms with E-state index in [0.717, 1.165) is 37.3 Å². The standard InChI is InChI=1S/C13H22N4O/c1-10-3-5-13(18-2,6-4-10)12(17-14)11-9-15-7-8-16-11/h7-10,12,17H,3-6,14H2,1-2H3. The Balaban J connectivity index is 2.24. The fourth-order valence-corrected chi connectivity index (χ4v) is 2.83. The fourth-order valence-electron chi connectivity index (χ4n) is 2.83. The first-order chi connectivity index (χ1) is 8.72. The van der Waals surface area contributed by atoms with Crippen molar-refractivity contribution in [3.63, 3.8) is 0 Å². The highest BCUT2D eigenvalue weighted by molar-refractivity contribution is 5.11. The maximum absolute atomic E-state index is 5.82. The number of ether oxygens (including phenoxy) is 1. The van der Waals surface area contributed by atoms with E-state index in [2.05, 4.69) is 22.3 Å². The van der Waals surface area contributed by atoms with Crippen LogP contribution in [-0.4, -0.2) is 22.7 Å². The number of aromatic nitrogens is 2. The molecule has 1 saturated carbocycles. The van der Waals surface area contributed by atoms with E-state index < -0.39 is 0 Å². The van der Waals surface area contributed by atoms with E-state index in [1.807, 2.05) is 0 Å². The number of hydrogen-bond acceptors (Lipinski definition) is 5. The Hall–Kier alpha value is -1.04. The highest BCUT2D eigenvalue weighted by Crippen LogP contribution is 2.41. The molecule has 1 aliphatic rings. The molecule has 5 nitrogen and oxygen atoms in total. The van der Waals surface area contributed by atoms with Crippen LogP contribution in [-0.2, 0) is 4.74 Å². The van der Waals surface area contributed by atoms with Crippen molar-refractivity contribution in [1.82, 2.24) is 15.4 Å². The lowest BCUT2D eigenvalue weighted by molar-refractivity contribution is -0.0771. The molecule has 3 N–H and O–H groups in total. The molecule has 0 saturated heterocycles. The van der Waals surface area contributed by atoms with Crippen molar-refractivity contribution in [3.05, 3.63) is 24.3 Å². The van der Waals surface area contributed by atoms with Crippen LogP contribution in [0.5, 0.6) is 0 Å². The molecule has 0 amide bonds. The van der Waals surface area contributed by atoms with Crippen LogP contribution >= 0.6 is 0 Å². The lowest BCUT2D eigenvalue weighted by Crippen LogP contribution is -2.50. The van der Waals surface area contributed by atoms with Crippen LogP contribution in [0.15, 0.2) is 18.6 Å². The van der Waals surface area contributed by atoms with E-state index in [1.54, 1.807) is 25.7 Å². The zero-order valence-corrected chi connectivity index (χ0v) is 11.1. The maximum Gasteiger partial charge on any atom is 0.0936 e. The summed E-state index contributed by atoms with van der Waals surface area (Å²) in [4.78, 5) is 8.47. The Bertz CT molecular complexity index is 363. The number of nitrogens with one attached hydrogen (secondary N) is 1. The monoisotopic (exact) mass is 250 g/mol. The summed E-state index contributed by atoms with van der Waals surface area (Å²) in [5.74, 6) is 6.49. The lowest BCUT2D eigenvalue weighted by Gasteiger charge is -2.43. The van der Waals surface area contributed by atoms with Gasteiger partial charge in [-0.25, -0.2) is 5.43 Å². The van der Waals surface area contributed by atoms with Crippen molar-refractivity contribution < 1.29 is 4.74 Å². The summed E-state index contributed by atoms with van der Waals surface area (Å²) in [6.07, 6.45) is 9.42. The van der Waals surface area contributed by atoms with Gasteiger partial charge in [0.15, 0.2) is 0 Å². The summed E-state index contributed by atoms with van der Waals surface area (Å²) in [5.41, 5.74) is 3.44. The second kappa shape index (κ2) is 5.73. The number of nitrogens with zero attached hydrogens (tertiary/aromatic N) is 2. The number of nitrogens with two attached hydrogens (primary N) is 1. The van der Waals surface area contributed by atoms with Gasteiger partial charge in [0.2, 0.25) is 0 Å². The first-order valence-corrected chi connectivity index (χ1v) is 6.49. The van der Waals surface area contributed by atoms with Crippen LogP contribution in [0.2, 0.25) is 0 Å². The minimum Gasteiger partial charge on any atom is -0.376 e. The van der Waals surface area contributed by atoms with Crippen molar-refractivity contribution in [3.8, 4) is 0 Å². The Morgan fingerprint density at radius 1 is 1.44 bits per heavy atom. The Morgan fingerprint density at radius 3 is 2.67 bits per heavy atom. The average Bonchev–Trinajstić information content (AvgIpc) is 2.43. The van der Waals surface area contributed by atoms with Gasteiger partial charge in [0.25, 0.3) is 0 Å². The second-order valence-corrected chi connectivity index (χ2v) is 5.18. The van der Waals surface area contributed by atoms with Gasteiger partial charge in [0, 0.05) is 19.5 Å². The molecule has 2 rings (SSSR count). The topological polar surface area (TPSA) is 73.1 Å². The molecular formula is C13H22N4O. The summed E-state index contributed by atoms with van der Waals surface area (Å²) in [6, 6.07) is -0.108. The zero-order chi connectivity index (χ0) is 13.0. The van der Waals surface area contributed by atoms with Gasteiger partial charge < -0.3 is 4.74 Å². The Labute approximate surface area is 108 Å². The molecule has 0 spiro atoms. The first kappa shape index (κ1) is 13.4. The summed E-state index contributed by atoms with van der Waals surface area (Å²) in [5, 5.41) is 0. The molecule has 100 valence electrons. The molecule has 1 aromatic heterocycles. The van der Waals surface area contributed by atoms with Crippen molar-refractivity contribution in [2.45, 2.75) is 44.2 Å². The van der Waals surface area contributed by atoms with Gasteiger partial charge >= 0.3 is 0 Å². The largest absolute Gasteiger partial charge is 0.376 e. The van der Waals surface area contributed by atoms with Gasteiger partial charge in [-0.15, -0.1) is 0 Å². The first-order valence-electron chi connectivity index (χ1n) is 6.49. The third-order valence-electron chi connectivity index (χ3n) is 4.10. The van der Waals surface area contributed by atoms with Crippen LogP contribution in [0.4, 0.5) is 0 Å². The second-order valence-electron chi connectivity index (χ2n) is 5.18. The third-order valence-corrected chi connectivity index (χ3v) is 4.10. The normalized spacial score (nSPS) is 30.1. The SMILES string of the molecule is COC1(C(NN)c2cnccn2)CCC(C)CC1. The summed E-state index contributed by atoms with van der Waals surface area (Å²) < 4.78 is 5.82. The van der Waals surface area contributed by atoms with Crippen molar-refractivity contribution in [1.29, 1.82) is 0 Å². The highest BCUT2D eigenvalue weighted by atomic mass is 16.5. The van der Waals surface area contributed by atoms with E-state index in [9.17, 15) is 0 Å². The summed E-state index contributed by atoms with van der Waals surface area (Å²) in [7, 11) is 1.76. The third kappa shape index (κ3) is 2.53. The zero-order valence-electron chi connectivity index (χ0n) is 11.1. The van der Waals surface area contributed by atoms with Crippen LogP contribution in [0.25, 0.3) is 0 Å². The van der Waals surface area contributed by atoms with Gasteiger partial charge in [0.05, 0.1) is 23.5 Å². The predicted molar refractivity (Wildman–Crippen MR) is 69.5 cm³/mol. The Morgan fingerprint density at radius 2 is 2.17 bits per heavy atom. The van der Waals surface area contributed by atoms with E-state index in [0.29, 0.717) is 0 Å². The lowest BCUT2D eigenvalue weighted by atomic mass is 9.74. The smallest absolute Gasteiger partial charge is 0.0936 e. The van der Waals surface area contributed by atoms with Crippen molar-refractivity contribution >= 4 is 0 Å². The minimum atomic E-state index is -0.267. The van der Waals surface area contributed by atoms with Crippen molar-refractivity contribution in [2.24, 2.45) is 11.8 Å². The van der Waals surface area contributed by atoms with Crippen LogP contribution < -0.4 is 11.3 Å². The van der Waals surface area contributed by atoms with Gasteiger partial charge in [-0.05, 0) is 31.6 Å². The predicted octanol–water partition coefficient (Wildman–Crippen LogP) is 1.58. The quantitative estimate of drug-likeness (QED) is 0.627. The molecule has 0 aromatic carbocycles. The van der Waals surface area contributed by atoms with Gasteiger partial charge in [0.1, 0.15) is 0 Å². The van der Waals surface area contributed by atoms with Gasteiger partial charge in [-0.1, -0.05) is 6.92 Å². The van der Waals surface area contributed by atoms with E-state index >= 15 is 0 Å².